The summed E-state index contributed by atoms with van der Waals surface area (Å²) in [5.41, 5.74) is 1.80. The molecule has 2 aromatic carbocycles. The monoisotopic (exact) mass is 351 g/mol. The average molecular weight is 352 g/mol. The van der Waals surface area contributed by atoms with E-state index >= 15 is 0 Å². The number of nitrogens with zero attached hydrogens (tertiary/aromatic N) is 1. The van der Waals surface area contributed by atoms with Gasteiger partial charge in [-0.2, -0.15) is 0 Å². The molecule has 0 saturated heterocycles. The molecule has 2 amide bonds. The minimum atomic E-state index is -0.333. The van der Waals surface area contributed by atoms with Gasteiger partial charge in [0.05, 0.1) is 23.1 Å². The molecular formula is C19H14ClN3O2. The van der Waals surface area contributed by atoms with Crippen LogP contribution < -0.4 is 10.6 Å². The highest BCUT2D eigenvalue weighted by Crippen LogP contribution is 2.19. The van der Waals surface area contributed by atoms with Gasteiger partial charge in [0.25, 0.3) is 11.8 Å². The van der Waals surface area contributed by atoms with Crippen LogP contribution in [0.15, 0.2) is 73.1 Å². The molecule has 0 saturated carbocycles. The second-order valence-electron chi connectivity index (χ2n) is 5.20. The van der Waals surface area contributed by atoms with Gasteiger partial charge in [-0.15, -0.1) is 0 Å². The zero-order chi connectivity index (χ0) is 17.6. The molecule has 2 N–H and O–H groups in total. The molecule has 124 valence electrons. The fraction of sp³-hybridized carbons (Fsp3) is 0. The van der Waals surface area contributed by atoms with Gasteiger partial charge >= 0.3 is 0 Å². The molecule has 0 atom stereocenters. The number of benzene rings is 2. The number of amides is 2. The second-order valence-corrected chi connectivity index (χ2v) is 5.64. The van der Waals surface area contributed by atoms with Crippen molar-refractivity contribution in [3.05, 3.63) is 89.2 Å². The predicted molar refractivity (Wildman–Crippen MR) is 98.0 cm³/mol. The summed E-state index contributed by atoms with van der Waals surface area (Å²) in [4.78, 5) is 28.8. The first-order valence-corrected chi connectivity index (χ1v) is 7.88. The predicted octanol–water partition coefficient (Wildman–Crippen LogP) is 4.24. The van der Waals surface area contributed by atoms with E-state index in [1.165, 1.54) is 0 Å². The first kappa shape index (κ1) is 16.7. The Balaban J connectivity index is 1.79. The van der Waals surface area contributed by atoms with E-state index in [1.807, 2.05) is 0 Å². The topological polar surface area (TPSA) is 71.1 Å². The van der Waals surface area contributed by atoms with E-state index in [0.29, 0.717) is 27.5 Å². The van der Waals surface area contributed by atoms with E-state index in [1.54, 1.807) is 73.1 Å². The molecule has 3 rings (SSSR count). The number of halogens is 1. The normalized spacial score (nSPS) is 10.1. The maximum absolute atomic E-state index is 12.5. The van der Waals surface area contributed by atoms with Crippen LogP contribution in [-0.4, -0.2) is 16.8 Å². The van der Waals surface area contributed by atoms with Crippen molar-refractivity contribution in [3.63, 3.8) is 0 Å². The van der Waals surface area contributed by atoms with Gasteiger partial charge in [0, 0.05) is 16.8 Å². The SMILES string of the molecule is O=C(Nc1ccccc1C(=O)Nc1cccnc1)c1ccc(Cl)cc1. The third kappa shape index (κ3) is 4.22. The molecule has 6 heteroatoms. The van der Waals surface area contributed by atoms with Crippen LogP contribution in [0, 0.1) is 0 Å². The molecule has 1 aromatic heterocycles. The Morgan fingerprint density at radius 1 is 0.840 bits per heavy atom. The van der Waals surface area contributed by atoms with Crippen molar-refractivity contribution >= 4 is 34.8 Å². The first-order chi connectivity index (χ1) is 12.1. The maximum Gasteiger partial charge on any atom is 0.257 e. The molecule has 0 fully saturated rings. The van der Waals surface area contributed by atoms with E-state index in [0.717, 1.165) is 0 Å². The smallest absolute Gasteiger partial charge is 0.257 e. The van der Waals surface area contributed by atoms with Crippen LogP contribution in [0.5, 0.6) is 0 Å². The van der Waals surface area contributed by atoms with E-state index in [2.05, 4.69) is 15.6 Å². The molecule has 25 heavy (non-hydrogen) atoms. The standard InChI is InChI=1S/C19H14ClN3O2/c20-14-9-7-13(8-10-14)18(24)23-17-6-2-1-5-16(17)19(25)22-15-4-3-11-21-12-15/h1-12H,(H,22,25)(H,23,24). The Morgan fingerprint density at radius 3 is 2.32 bits per heavy atom. The van der Waals surface area contributed by atoms with E-state index in [9.17, 15) is 9.59 Å². The fourth-order valence-electron chi connectivity index (χ4n) is 2.22. The van der Waals surface area contributed by atoms with Crippen molar-refractivity contribution in [2.75, 3.05) is 10.6 Å². The number of carbonyl (C=O) groups is 2. The van der Waals surface area contributed by atoms with Crippen molar-refractivity contribution in [2.45, 2.75) is 0 Å². The highest BCUT2D eigenvalue weighted by atomic mass is 35.5. The lowest BCUT2D eigenvalue weighted by Gasteiger charge is -2.11. The Hall–Kier alpha value is -3.18. The fourth-order valence-corrected chi connectivity index (χ4v) is 2.35. The zero-order valence-electron chi connectivity index (χ0n) is 13.1. The molecule has 0 radical (unpaired) electrons. The van der Waals surface area contributed by atoms with Crippen LogP contribution in [-0.2, 0) is 0 Å². The van der Waals surface area contributed by atoms with Crippen LogP contribution >= 0.6 is 11.6 Å². The van der Waals surface area contributed by atoms with Gasteiger partial charge in [-0.25, -0.2) is 0 Å². The number of rotatable bonds is 4. The van der Waals surface area contributed by atoms with E-state index in [-0.39, 0.29) is 11.8 Å². The number of anilines is 2. The van der Waals surface area contributed by atoms with Gasteiger partial charge in [0.15, 0.2) is 0 Å². The third-order valence-corrected chi connectivity index (χ3v) is 3.70. The summed E-state index contributed by atoms with van der Waals surface area (Å²) in [5.74, 6) is -0.654. The average Bonchev–Trinajstić information content (AvgIpc) is 2.63. The lowest BCUT2D eigenvalue weighted by Crippen LogP contribution is -2.18. The molecule has 0 bridgehead atoms. The van der Waals surface area contributed by atoms with Crippen molar-refractivity contribution in [1.82, 2.24) is 4.98 Å². The molecule has 0 spiro atoms. The number of nitrogens with one attached hydrogen (secondary N) is 2. The van der Waals surface area contributed by atoms with Crippen molar-refractivity contribution in [1.29, 1.82) is 0 Å². The Labute approximate surface area is 149 Å². The lowest BCUT2D eigenvalue weighted by atomic mass is 10.1. The third-order valence-electron chi connectivity index (χ3n) is 3.45. The number of pyridine rings is 1. The summed E-state index contributed by atoms with van der Waals surface area (Å²) in [5, 5.41) is 6.05. The highest BCUT2D eigenvalue weighted by Gasteiger charge is 2.14. The summed E-state index contributed by atoms with van der Waals surface area (Å²) in [6, 6.07) is 16.8. The van der Waals surface area contributed by atoms with Crippen LogP contribution in [0.1, 0.15) is 20.7 Å². The van der Waals surface area contributed by atoms with Gasteiger partial charge in [-0.3, -0.25) is 14.6 Å². The number of hydrogen-bond donors (Lipinski definition) is 2. The molecule has 5 nitrogen and oxygen atoms in total. The number of para-hydroxylation sites is 1. The Morgan fingerprint density at radius 2 is 1.60 bits per heavy atom. The quantitative estimate of drug-likeness (QED) is 0.738. The minimum absolute atomic E-state index is 0.321. The Bertz CT molecular complexity index is 896. The zero-order valence-corrected chi connectivity index (χ0v) is 13.8. The van der Waals surface area contributed by atoms with Crippen LogP contribution in [0.3, 0.4) is 0 Å². The largest absolute Gasteiger partial charge is 0.321 e. The van der Waals surface area contributed by atoms with Crippen molar-refractivity contribution in [2.24, 2.45) is 0 Å². The molecule has 1 heterocycles. The molecule has 0 aliphatic heterocycles. The maximum atomic E-state index is 12.5. The van der Waals surface area contributed by atoms with E-state index < -0.39 is 0 Å². The number of aromatic nitrogens is 1. The van der Waals surface area contributed by atoms with Gasteiger partial charge < -0.3 is 10.6 Å². The van der Waals surface area contributed by atoms with Crippen LogP contribution in [0.2, 0.25) is 5.02 Å². The number of carbonyl (C=O) groups excluding carboxylic acids is 2. The van der Waals surface area contributed by atoms with Crippen LogP contribution in [0.25, 0.3) is 0 Å². The first-order valence-electron chi connectivity index (χ1n) is 7.51. The number of hydrogen-bond acceptors (Lipinski definition) is 3. The van der Waals surface area contributed by atoms with Gasteiger partial charge in [-0.1, -0.05) is 23.7 Å². The van der Waals surface area contributed by atoms with E-state index in [4.69, 9.17) is 11.6 Å². The van der Waals surface area contributed by atoms with Crippen molar-refractivity contribution in [3.8, 4) is 0 Å². The van der Waals surface area contributed by atoms with Gasteiger partial charge in [0.1, 0.15) is 0 Å². The second kappa shape index (κ2) is 7.59. The highest BCUT2D eigenvalue weighted by molar-refractivity contribution is 6.30. The lowest BCUT2D eigenvalue weighted by molar-refractivity contribution is 0.102. The Kier molecular flexibility index (Phi) is 5.06. The molecule has 0 aliphatic rings. The van der Waals surface area contributed by atoms with Gasteiger partial charge in [0.2, 0.25) is 0 Å². The van der Waals surface area contributed by atoms with Gasteiger partial charge in [-0.05, 0) is 48.5 Å². The molecule has 3 aromatic rings. The summed E-state index contributed by atoms with van der Waals surface area (Å²) in [7, 11) is 0. The molecular weight excluding hydrogens is 338 g/mol. The molecule has 0 unspecified atom stereocenters. The summed E-state index contributed by atoms with van der Waals surface area (Å²) in [6.07, 6.45) is 3.17. The van der Waals surface area contributed by atoms with Crippen molar-refractivity contribution < 1.29 is 9.59 Å². The molecule has 0 aliphatic carbocycles. The van der Waals surface area contributed by atoms with Crippen LogP contribution in [0.4, 0.5) is 11.4 Å². The summed E-state index contributed by atoms with van der Waals surface area (Å²) < 4.78 is 0. The minimum Gasteiger partial charge on any atom is -0.321 e. The summed E-state index contributed by atoms with van der Waals surface area (Å²) >= 11 is 5.83. The summed E-state index contributed by atoms with van der Waals surface area (Å²) in [6.45, 7) is 0.